The number of carbonyl (C=O) groups excluding carboxylic acids is 1. The van der Waals surface area contributed by atoms with Gasteiger partial charge in [0.1, 0.15) is 5.82 Å². The lowest BCUT2D eigenvalue weighted by molar-refractivity contribution is -0.118. The third-order valence-electron chi connectivity index (χ3n) is 2.18. The summed E-state index contributed by atoms with van der Waals surface area (Å²) in [7, 11) is 0. The molecule has 1 amide bonds. The van der Waals surface area contributed by atoms with E-state index in [1.54, 1.807) is 12.1 Å². The van der Waals surface area contributed by atoms with Gasteiger partial charge in [-0.25, -0.2) is 4.98 Å². The third-order valence-corrected chi connectivity index (χ3v) is 2.90. The number of primary amides is 1. The standard InChI is InChI=1S/C10H9Cl2N3O/c11-5-3-7-8(4-6(5)12)15-10(14-7)2-1-9(13)16/h3-4H,1-2H2,(H2,13,16)(H,14,15). The molecule has 0 fully saturated rings. The molecule has 84 valence electrons. The van der Waals surface area contributed by atoms with Crippen molar-refractivity contribution in [2.24, 2.45) is 5.73 Å². The van der Waals surface area contributed by atoms with E-state index in [1.807, 2.05) is 0 Å². The molecule has 2 aromatic rings. The van der Waals surface area contributed by atoms with Gasteiger partial charge in [0.2, 0.25) is 5.91 Å². The van der Waals surface area contributed by atoms with Gasteiger partial charge in [-0.2, -0.15) is 0 Å². The Hall–Kier alpha value is -1.26. The van der Waals surface area contributed by atoms with Crippen molar-refractivity contribution in [3.05, 3.63) is 28.0 Å². The highest BCUT2D eigenvalue weighted by atomic mass is 35.5. The Bertz CT molecular complexity index is 511. The maximum Gasteiger partial charge on any atom is 0.217 e. The summed E-state index contributed by atoms with van der Waals surface area (Å²) in [5.41, 5.74) is 6.59. The van der Waals surface area contributed by atoms with E-state index in [0.29, 0.717) is 22.3 Å². The smallest absolute Gasteiger partial charge is 0.217 e. The predicted octanol–water partition coefficient (Wildman–Crippen LogP) is 2.29. The summed E-state index contributed by atoms with van der Waals surface area (Å²) in [5, 5.41) is 0.932. The number of benzene rings is 1. The maximum absolute atomic E-state index is 10.6. The summed E-state index contributed by atoms with van der Waals surface area (Å²) < 4.78 is 0. The van der Waals surface area contributed by atoms with E-state index in [2.05, 4.69) is 9.97 Å². The molecule has 0 saturated carbocycles. The molecule has 0 saturated heterocycles. The lowest BCUT2D eigenvalue weighted by Gasteiger charge is -1.93. The number of carbonyl (C=O) groups is 1. The van der Waals surface area contributed by atoms with E-state index in [4.69, 9.17) is 28.9 Å². The average molecular weight is 258 g/mol. The molecule has 4 nitrogen and oxygen atoms in total. The highest BCUT2D eigenvalue weighted by Crippen LogP contribution is 2.26. The number of H-pyrrole nitrogens is 1. The topological polar surface area (TPSA) is 71.8 Å². The zero-order valence-corrected chi connectivity index (χ0v) is 9.77. The summed E-state index contributed by atoms with van der Waals surface area (Å²) in [6.07, 6.45) is 0.751. The number of nitrogens with one attached hydrogen (secondary N) is 1. The van der Waals surface area contributed by atoms with Crippen LogP contribution in [0.3, 0.4) is 0 Å². The van der Waals surface area contributed by atoms with Gasteiger partial charge in [0, 0.05) is 12.8 Å². The van der Waals surface area contributed by atoms with Crippen LogP contribution in [0.15, 0.2) is 12.1 Å². The summed E-state index contributed by atoms with van der Waals surface area (Å²) in [6.45, 7) is 0. The molecule has 1 heterocycles. The summed E-state index contributed by atoms with van der Waals surface area (Å²) in [5.74, 6) is 0.351. The van der Waals surface area contributed by atoms with E-state index < -0.39 is 0 Å². The quantitative estimate of drug-likeness (QED) is 0.886. The largest absolute Gasteiger partial charge is 0.370 e. The first kappa shape index (κ1) is 11.2. The molecule has 1 aromatic carbocycles. The van der Waals surface area contributed by atoms with Crippen LogP contribution < -0.4 is 5.73 Å². The monoisotopic (exact) mass is 257 g/mol. The van der Waals surface area contributed by atoms with Crippen molar-refractivity contribution in [1.29, 1.82) is 0 Å². The Balaban J connectivity index is 2.33. The number of nitrogens with two attached hydrogens (primary N) is 1. The van der Waals surface area contributed by atoms with Crippen molar-refractivity contribution in [2.45, 2.75) is 12.8 Å². The van der Waals surface area contributed by atoms with Crippen molar-refractivity contribution < 1.29 is 4.79 Å². The van der Waals surface area contributed by atoms with Crippen LogP contribution in [0.1, 0.15) is 12.2 Å². The van der Waals surface area contributed by atoms with Crippen molar-refractivity contribution in [1.82, 2.24) is 9.97 Å². The maximum atomic E-state index is 10.6. The van der Waals surface area contributed by atoms with Crippen molar-refractivity contribution in [2.75, 3.05) is 0 Å². The molecule has 0 aliphatic rings. The zero-order valence-electron chi connectivity index (χ0n) is 8.26. The number of fused-ring (bicyclic) bond motifs is 1. The third kappa shape index (κ3) is 2.28. The number of hydrogen-bond donors (Lipinski definition) is 2. The Kier molecular flexibility index (Phi) is 3.03. The minimum atomic E-state index is -0.350. The minimum Gasteiger partial charge on any atom is -0.370 e. The fraction of sp³-hybridized carbons (Fsp3) is 0.200. The van der Waals surface area contributed by atoms with Crippen LogP contribution >= 0.6 is 23.2 Å². The molecule has 3 N–H and O–H groups in total. The molecule has 0 unspecified atom stereocenters. The van der Waals surface area contributed by atoms with Crippen LogP contribution in [0.5, 0.6) is 0 Å². The van der Waals surface area contributed by atoms with Gasteiger partial charge >= 0.3 is 0 Å². The fourth-order valence-electron chi connectivity index (χ4n) is 1.42. The zero-order chi connectivity index (χ0) is 11.7. The first-order valence-corrected chi connectivity index (χ1v) is 5.44. The Morgan fingerprint density at radius 3 is 2.75 bits per heavy atom. The van der Waals surface area contributed by atoms with Crippen LogP contribution in [0.2, 0.25) is 10.0 Å². The van der Waals surface area contributed by atoms with E-state index in [-0.39, 0.29) is 12.3 Å². The van der Waals surface area contributed by atoms with E-state index in [1.165, 1.54) is 0 Å². The molecular formula is C10H9Cl2N3O. The molecule has 0 aliphatic carbocycles. The minimum absolute atomic E-state index is 0.265. The number of halogens is 2. The molecule has 16 heavy (non-hydrogen) atoms. The fourth-order valence-corrected chi connectivity index (χ4v) is 1.74. The highest BCUT2D eigenvalue weighted by molar-refractivity contribution is 6.42. The molecule has 6 heteroatoms. The predicted molar refractivity (Wildman–Crippen MR) is 63.6 cm³/mol. The molecular weight excluding hydrogens is 249 g/mol. The number of aromatic amines is 1. The number of nitrogens with zero attached hydrogens (tertiary/aromatic N) is 1. The van der Waals surface area contributed by atoms with Crippen LogP contribution in [0, 0.1) is 0 Å². The van der Waals surface area contributed by atoms with Gasteiger partial charge in [0.15, 0.2) is 0 Å². The molecule has 0 aliphatic heterocycles. The van der Waals surface area contributed by atoms with Gasteiger partial charge in [-0.1, -0.05) is 23.2 Å². The summed E-state index contributed by atoms with van der Waals surface area (Å²) in [6, 6.07) is 3.39. The lowest BCUT2D eigenvalue weighted by atomic mass is 10.3. The van der Waals surface area contributed by atoms with Gasteiger partial charge in [-0.15, -0.1) is 0 Å². The Morgan fingerprint density at radius 2 is 2.06 bits per heavy atom. The summed E-state index contributed by atoms with van der Waals surface area (Å²) in [4.78, 5) is 18.0. The second-order valence-corrected chi connectivity index (χ2v) is 4.25. The second-order valence-electron chi connectivity index (χ2n) is 3.43. The van der Waals surface area contributed by atoms with Crippen LogP contribution in [0.25, 0.3) is 11.0 Å². The molecule has 0 spiro atoms. The van der Waals surface area contributed by atoms with Crippen molar-refractivity contribution in [3.8, 4) is 0 Å². The SMILES string of the molecule is NC(=O)CCc1nc2cc(Cl)c(Cl)cc2[nH]1. The molecule has 1 aromatic heterocycles. The first-order valence-electron chi connectivity index (χ1n) is 4.68. The van der Waals surface area contributed by atoms with E-state index in [0.717, 1.165) is 11.0 Å². The van der Waals surface area contributed by atoms with Gasteiger partial charge in [0.05, 0.1) is 21.1 Å². The number of aromatic nitrogens is 2. The summed E-state index contributed by atoms with van der Waals surface area (Å²) >= 11 is 11.7. The number of aryl methyl sites for hydroxylation is 1. The van der Waals surface area contributed by atoms with Gasteiger partial charge < -0.3 is 10.7 Å². The van der Waals surface area contributed by atoms with E-state index >= 15 is 0 Å². The van der Waals surface area contributed by atoms with Crippen LogP contribution in [-0.2, 0) is 11.2 Å². The van der Waals surface area contributed by atoms with Crippen molar-refractivity contribution >= 4 is 40.1 Å². The normalized spacial score (nSPS) is 10.9. The van der Waals surface area contributed by atoms with Gasteiger partial charge in [-0.05, 0) is 12.1 Å². The second kappa shape index (κ2) is 4.31. The lowest BCUT2D eigenvalue weighted by Crippen LogP contribution is -2.11. The molecule has 0 bridgehead atoms. The molecule has 2 rings (SSSR count). The number of amides is 1. The number of imidazole rings is 1. The molecule has 0 radical (unpaired) electrons. The number of rotatable bonds is 3. The van der Waals surface area contributed by atoms with Gasteiger partial charge in [0.25, 0.3) is 0 Å². The van der Waals surface area contributed by atoms with Crippen molar-refractivity contribution in [3.63, 3.8) is 0 Å². The first-order chi connectivity index (χ1) is 7.56. The Morgan fingerprint density at radius 1 is 1.38 bits per heavy atom. The average Bonchev–Trinajstić information content (AvgIpc) is 2.58. The Labute approximate surface area is 102 Å². The highest BCUT2D eigenvalue weighted by Gasteiger charge is 2.07. The molecule has 0 atom stereocenters. The van der Waals surface area contributed by atoms with Gasteiger partial charge in [-0.3, -0.25) is 4.79 Å². The van der Waals surface area contributed by atoms with Crippen LogP contribution in [0.4, 0.5) is 0 Å². The van der Waals surface area contributed by atoms with Crippen LogP contribution in [-0.4, -0.2) is 15.9 Å². The number of hydrogen-bond acceptors (Lipinski definition) is 2. The van der Waals surface area contributed by atoms with E-state index in [9.17, 15) is 4.79 Å².